The van der Waals surface area contributed by atoms with Crippen LogP contribution in [0, 0.1) is 0 Å². The number of esters is 1. The number of Topliss-reactive ketones (excluding diaryl/α,β-unsaturated/α-hetero) is 1. The fourth-order valence-corrected chi connectivity index (χ4v) is 1.35. The topological polar surface area (TPSA) is 52.6 Å². The molecule has 0 saturated carbocycles. The summed E-state index contributed by atoms with van der Waals surface area (Å²) >= 11 is 0. The fraction of sp³-hybridized carbons (Fsp3) is 0.231. The van der Waals surface area contributed by atoms with Crippen molar-refractivity contribution >= 4 is 17.3 Å². The normalized spacial score (nSPS) is 10.9. The molecule has 0 fully saturated rings. The predicted molar refractivity (Wildman–Crippen MR) is 63.4 cm³/mol. The monoisotopic (exact) mass is 234 g/mol. The summed E-state index contributed by atoms with van der Waals surface area (Å²) in [5.41, 5.74) is 1.55. The van der Waals surface area contributed by atoms with Crippen molar-refractivity contribution < 1.29 is 19.1 Å². The molecule has 0 radical (unpaired) electrons. The molecule has 4 heteroatoms. The average molecular weight is 234 g/mol. The maximum Gasteiger partial charge on any atom is 0.341 e. The van der Waals surface area contributed by atoms with Crippen LogP contribution < -0.4 is 0 Å². The Morgan fingerprint density at radius 1 is 1.06 bits per heavy atom. The maximum atomic E-state index is 11.5. The van der Waals surface area contributed by atoms with Crippen LogP contribution in [0.1, 0.15) is 22.8 Å². The van der Waals surface area contributed by atoms with E-state index in [0.717, 1.165) is 0 Å². The number of carbonyl (C=O) groups excluding carboxylic acids is 2. The van der Waals surface area contributed by atoms with Gasteiger partial charge in [0.1, 0.15) is 5.57 Å². The van der Waals surface area contributed by atoms with Crippen molar-refractivity contribution in [1.29, 1.82) is 0 Å². The van der Waals surface area contributed by atoms with Crippen LogP contribution in [-0.4, -0.2) is 26.0 Å². The Kier molecular flexibility index (Phi) is 4.46. The van der Waals surface area contributed by atoms with Gasteiger partial charge in [0.15, 0.2) is 5.78 Å². The number of hydrogen-bond acceptors (Lipinski definition) is 4. The SMILES string of the molecule is CO/C=C(/C(=O)OC)c1ccc(C(C)=O)cc1. The Morgan fingerprint density at radius 3 is 2.00 bits per heavy atom. The van der Waals surface area contributed by atoms with E-state index in [2.05, 4.69) is 4.74 Å². The van der Waals surface area contributed by atoms with Crippen molar-refractivity contribution in [2.45, 2.75) is 6.92 Å². The van der Waals surface area contributed by atoms with Crippen LogP contribution in [0.5, 0.6) is 0 Å². The summed E-state index contributed by atoms with van der Waals surface area (Å²) in [4.78, 5) is 22.6. The van der Waals surface area contributed by atoms with E-state index in [0.29, 0.717) is 16.7 Å². The van der Waals surface area contributed by atoms with Crippen LogP contribution in [0.15, 0.2) is 30.5 Å². The van der Waals surface area contributed by atoms with Crippen molar-refractivity contribution in [3.63, 3.8) is 0 Å². The summed E-state index contributed by atoms with van der Waals surface area (Å²) in [5, 5.41) is 0. The van der Waals surface area contributed by atoms with Gasteiger partial charge in [-0.05, 0) is 12.5 Å². The number of rotatable bonds is 4. The van der Waals surface area contributed by atoms with Crippen molar-refractivity contribution in [1.82, 2.24) is 0 Å². The second-order valence-electron chi connectivity index (χ2n) is 3.39. The Balaban J connectivity index is 3.08. The zero-order chi connectivity index (χ0) is 12.8. The molecular formula is C13H14O4. The van der Waals surface area contributed by atoms with E-state index in [1.54, 1.807) is 24.3 Å². The standard InChI is InChI=1S/C13H14O4/c1-9(14)10-4-6-11(7-5-10)12(8-16-2)13(15)17-3/h4-8H,1-3H3/b12-8+. The van der Waals surface area contributed by atoms with Crippen molar-refractivity contribution in [3.8, 4) is 0 Å². The minimum absolute atomic E-state index is 0.0214. The van der Waals surface area contributed by atoms with E-state index in [1.165, 1.54) is 27.4 Å². The first-order valence-electron chi connectivity index (χ1n) is 5.02. The van der Waals surface area contributed by atoms with Crippen molar-refractivity contribution in [3.05, 3.63) is 41.7 Å². The van der Waals surface area contributed by atoms with E-state index in [9.17, 15) is 9.59 Å². The largest absolute Gasteiger partial charge is 0.503 e. The van der Waals surface area contributed by atoms with Crippen LogP contribution >= 0.6 is 0 Å². The fourth-order valence-electron chi connectivity index (χ4n) is 1.35. The number of hydrogen-bond donors (Lipinski definition) is 0. The van der Waals surface area contributed by atoms with Crippen LogP contribution in [-0.2, 0) is 14.3 Å². The van der Waals surface area contributed by atoms with Gasteiger partial charge in [-0.3, -0.25) is 4.79 Å². The third-order valence-corrected chi connectivity index (χ3v) is 2.24. The highest BCUT2D eigenvalue weighted by molar-refractivity contribution is 6.16. The quantitative estimate of drug-likeness (QED) is 0.346. The van der Waals surface area contributed by atoms with Crippen LogP contribution in [0.3, 0.4) is 0 Å². The average Bonchev–Trinajstić information content (AvgIpc) is 2.35. The van der Waals surface area contributed by atoms with Gasteiger partial charge < -0.3 is 9.47 Å². The molecule has 1 aromatic carbocycles. The van der Waals surface area contributed by atoms with Crippen LogP contribution in [0.25, 0.3) is 5.57 Å². The molecule has 0 aliphatic heterocycles. The van der Waals surface area contributed by atoms with Crippen molar-refractivity contribution in [2.24, 2.45) is 0 Å². The molecule has 0 N–H and O–H groups in total. The second-order valence-corrected chi connectivity index (χ2v) is 3.39. The zero-order valence-electron chi connectivity index (χ0n) is 10.0. The van der Waals surface area contributed by atoms with Gasteiger partial charge >= 0.3 is 5.97 Å². The molecule has 0 aromatic heterocycles. The molecule has 4 nitrogen and oxygen atoms in total. The third-order valence-electron chi connectivity index (χ3n) is 2.24. The predicted octanol–water partition coefficient (Wildman–Crippen LogP) is 2.05. The molecule has 0 amide bonds. The van der Waals surface area contributed by atoms with Crippen molar-refractivity contribution in [2.75, 3.05) is 14.2 Å². The van der Waals surface area contributed by atoms with Gasteiger partial charge in [-0.1, -0.05) is 24.3 Å². The molecule has 0 atom stereocenters. The van der Waals surface area contributed by atoms with Gasteiger partial charge in [0.2, 0.25) is 0 Å². The van der Waals surface area contributed by atoms with Gasteiger partial charge in [-0.2, -0.15) is 0 Å². The van der Waals surface area contributed by atoms with E-state index in [1.807, 2.05) is 0 Å². The minimum Gasteiger partial charge on any atom is -0.503 e. The lowest BCUT2D eigenvalue weighted by atomic mass is 10.0. The van der Waals surface area contributed by atoms with Crippen LogP contribution in [0.4, 0.5) is 0 Å². The number of benzene rings is 1. The minimum atomic E-state index is -0.484. The first-order valence-corrected chi connectivity index (χ1v) is 5.02. The van der Waals surface area contributed by atoms with Crippen LogP contribution in [0.2, 0.25) is 0 Å². The highest BCUT2D eigenvalue weighted by atomic mass is 16.5. The number of ether oxygens (including phenoxy) is 2. The van der Waals surface area contributed by atoms with Gasteiger partial charge in [-0.15, -0.1) is 0 Å². The number of ketones is 1. The molecular weight excluding hydrogens is 220 g/mol. The molecule has 17 heavy (non-hydrogen) atoms. The second kappa shape index (κ2) is 5.84. The summed E-state index contributed by atoms with van der Waals surface area (Å²) in [6.07, 6.45) is 1.31. The zero-order valence-corrected chi connectivity index (χ0v) is 10.0. The number of carbonyl (C=O) groups is 2. The number of methoxy groups -OCH3 is 2. The van der Waals surface area contributed by atoms with E-state index >= 15 is 0 Å². The molecule has 1 rings (SSSR count). The van der Waals surface area contributed by atoms with E-state index in [4.69, 9.17) is 4.74 Å². The Hall–Kier alpha value is -2.10. The van der Waals surface area contributed by atoms with E-state index in [-0.39, 0.29) is 5.78 Å². The summed E-state index contributed by atoms with van der Waals surface area (Å²) in [6, 6.07) is 6.67. The van der Waals surface area contributed by atoms with Gasteiger partial charge in [0, 0.05) is 5.56 Å². The smallest absolute Gasteiger partial charge is 0.341 e. The molecule has 0 heterocycles. The molecule has 0 aliphatic rings. The maximum absolute atomic E-state index is 11.5. The first kappa shape index (κ1) is 13.0. The summed E-state index contributed by atoms with van der Waals surface area (Å²) in [5.74, 6) is -0.505. The molecule has 1 aromatic rings. The lowest BCUT2D eigenvalue weighted by Gasteiger charge is -2.05. The highest BCUT2D eigenvalue weighted by Crippen LogP contribution is 2.17. The molecule has 0 unspecified atom stereocenters. The first-order chi connectivity index (χ1) is 8.10. The third kappa shape index (κ3) is 3.17. The lowest BCUT2D eigenvalue weighted by molar-refractivity contribution is -0.133. The molecule has 0 bridgehead atoms. The Bertz CT molecular complexity index is 443. The van der Waals surface area contributed by atoms with Gasteiger partial charge in [-0.25, -0.2) is 4.79 Å². The van der Waals surface area contributed by atoms with Gasteiger partial charge in [0.05, 0.1) is 20.5 Å². The Morgan fingerprint density at radius 2 is 1.59 bits per heavy atom. The lowest BCUT2D eigenvalue weighted by Crippen LogP contribution is -2.04. The molecule has 0 aliphatic carbocycles. The van der Waals surface area contributed by atoms with Gasteiger partial charge in [0.25, 0.3) is 0 Å². The van der Waals surface area contributed by atoms with E-state index < -0.39 is 5.97 Å². The highest BCUT2D eigenvalue weighted by Gasteiger charge is 2.13. The summed E-state index contributed by atoms with van der Waals surface area (Å²) in [6.45, 7) is 1.49. The molecule has 0 saturated heterocycles. The Labute approximate surface area is 99.8 Å². The molecule has 0 spiro atoms. The summed E-state index contributed by atoms with van der Waals surface area (Å²) < 4.78 is 9.47. The molecule has 90 valence electrons. The summed E-state index contributed by atoms with van der Waals surface area (Å²) in [7, 11) is 2.75.